The lowest BCUT2D eigenvalue weighted by Crippen LogP contribution is -2.05. The lowest BCUT2D eigenvalue weighted by Gasteiger charge is -1.98. The van der Waals surface area contributed by atoms with Gasteiger partial charge in [0.2, 0.25) is 5.90 Å². The third-order valence-electron chi connectivity index (χ3n) is 2.84. The summed E-state index contributed by atoms with van der Waals surface area (Å²) in [5.74, 6) is -0.178. The summed E-state index contributed by atoms with van der Waals surface area (Å²) >= 11 is 8.15. The van der Waals surface area contributed by atoms with Crippen LogP contribution in [0.4, 0.5) is 0 Å². The molecule has 5 heteroatoms. The monoisotopic (exact) mass is 409 g/mol. The Morgan fingerprint density at radius 1 is 1.14 bits per heavy atom. The van der Waals surface area contributed by atoms with Gasteiger partial charge < -0.3 is 4.74 Å². The van der Waals surface area contributed by atoms with Gasteiger partial charge in [0.25, 0.3) is 0 Å². The highest BCUT2D eigenvalue weighted by Crippen LogP contribution is 2.21. The summed E-state index contributed by atoms with van der Waals surface area (Å²) in [6.07, 6.45) is 1.71. The van der Waals surface area contributed by atoms with Crippen molar-refractivity contribution in [3.05, 3.63) is 73.9 Å². The Balaban J connectivity index is 1.95. The molecule has 0 aromatic heterocycles. The average Bonchev–Trinajstić information content (AvgIpc) is 2.80. The molecule has 2 aromatic carbocycles. The van der Waals surface area contributed by atoms with Crippen molar-refractivity contribution in [1.29, 1.82) is 0 Å². The number of cyclic esters (lactones) is 1. The molecule has 0 radical (unpaired) electrons. The summed E-state index contributed by atoms with van der Waals surface area (Å²) in [4.78, 5) is 16.1. The van der Waals surface area contributed by atoms with Crippen LogP contribution >= 0.6 is 34.2 Å². The van der Waals surface area contributed by atoms with E-state index in [9.17, 15) is 4.79 Å². The Bertz CT molecular complexity index is 783. The molecule has 2 aromatic rings. The van der Waals surface area contributed by atoms with E-state index in [-0.39, 0.29) is 11.6 Å². The van der Waals surface area contributed by atoms with E-state index in [1.165, 1.54) is 0 Å². The van der Waals surface area contributed by atoms with Crippen LogP contribution in [0.2, 0.25) is 5.02 Å². The van der Waals surface area contributed by atoms with Crippen molar-refractivity contribution in [3.8, 4) is 0 Å². The van der Waals surface area contributed by atoms with Crippen LogP contribution in [0.3, 0.4) is 0 Å². The van der Waals surface area contributed by atoms with Crippen molar-refractivity contribution in [2.24, 2.45) is 4.99 Å². The van der Waals surface area contributed by atoms with Crippen LogP contribution in [0, 0.1) is 3.57 Å². The minimum absolute atomic E-state index is 0.277. The zero-order valence-corrected chi connectivity index (χ0v) is 13.6. The molecule has 0 N–H and O–H groups in total. The van der Waals surface area contributed by atoms with Gasteiger partial charge in [-0.3, -0.25) is 0 Å². The number of hydrogen-bond acceptors (Lipinski definition) is 3. The Hall–Kier alpha value is -1.66. The smallest absolute Gasteiger partial charge is 0.363 e. The fourth-order valence-corrected chi connectivity index (χ4v) is 2.67. The number of esters is 1. The second-order valence-electron chi connectivity index (χ2n) is 4.40. The van der Waals surface area contributed by atoms with Crippen LogP contribution in [0.1, 0.15) is 11.1 Å². The lowest BCUT2D eigenvalue weighted by molar-refractivity contribution is -0.129. The number of carbonyl (C=O) groups excluding carboxylic acids is 1. The molecule has 0 aliphatic carbocycles. The third kappa shape index (κ3) is 3.33. The van der Waals surface area contributed by atoms with E-state index in [1.54, 1.807) is 30.3 Å². The normalized spacial score (nSPS) is 16.0. The molecule has 0 fully saturated rings. The quantitative estimate of drug-likeness (QED) is 0.422. The second-order valence-corrected chi connectivity index (χ2v) is 6.08. The number of carbonyl (C=O) groups is 1. The van der Waals surface area contributed by atoms with Gasteiger partial charge in [0.1, 0.15) is 0 Å². The summed E-state index contributed by atoms with van der Waals surface area (Å²) in [5.41, 5.74) is 1.87. The molecule has 21 heavy (non-hydrogen) atoms. The molecule has 3 rings (SSSR count). The van der Waals surface area contributed by atoms with Crippen molar-refractivity contribution in [3.63, 3.8) is 0 Å². The van der Waals surface area contributed by atoms with Gasteiger partial charge in [0.15, 0.2) is 5.70 Å². The van der Waals surface area contributed by atoms with E-state index in [0.717, 1.165) is 9.13 Å². The van der Waals surface area contributed by atoms with E-state index in [2.05, 4.69) is 27.6 Å². The number of ether oxygens (including phenoxy) is 1. The first kappa shape index (κ1) is 14.3. The summed E-state index contributed by atoms with van der Waals surface area (Å²) in [6.45, 7) is 0. The van der Waals surface area contributed by atoms with Crippen LogP contribution < -0.4 is 0 Å². The maximum Gasteiger partial charge on any atom is 0.363 e. The molecule has 0 amide bonds. The number of aliphatic imine (C=N–C) groups is 1. The van der Waals surface area contributed by atoms with Gasteiger partial charge >= 0.3 is 5.97 Å². The maximum absolute atomic E-state index is 11.9. The first-order valence-electron chi connectivity index (χ1n) is 6.16. The molecule has 0 bridgehead atoms. The van der Waals surface area contributed by atoms with Crippen LogP contribution in [0.15, 0.2) is 59.2 Å². The Morgan fingerprint density at radius 2 is 1.95 bits per heavy atom. The zero-order valence-electron chi connectivity index (χ0n) is 10.7. The van der Waals surface area contributed by atoms with Gasteiger partial charge in [-0.15, -0.1) is 0 Å². The molecule has 0 saturated heterocycles. The van der Waals surface area contributed by atoms with E-state index >= 15 is 0 Å². The molecular weight excluding hydrogens is 401 g/mol. The zero-order chi connectivity index (χ0) is 14.8. The molecule has 104 valence electrons. The highest BCUT2D eigenvalue weighted by atomic mass is 127. The third-order valence-corrected chi connectivity index (χ3v) is 3.75. The average molecular weight is 410 g/mol. The summed E-state index contributed by atoms with van der Waals surface area (Å²) in [5, 5.41) is 0.571. The van der Waals surface area contributed by atoms with E-state index < -0.39 is 5.97 Å². The molecule has 0 saturated carbocycles. The highest BCUT2D eigenvalue weighted by molar-refractivity contribution is 14.1. The SMILES string of the molecule is O=C1OC(c2cccc(Cl)c2)=N/C1=C\c1cccc(I)c1. The standard InChI is InChI=1S/C16H9ClINO2/c17-12-5-2-4-11(9-12)15-19-14(16(20)21-15)8-10-3-1-6-13(18)7-10/h1-9H/b14-8-. The van der Waals surface area contributed by atoms with Crippen molar-refractivity contribution < 1.29 is 9.53 Å². The topological polar surface area (TPSA) is 38.7 Å². The minimum atomic E-state index is -0.455. The molecule has 0 unspecified atom stereocenters. The Labute approximate surface area is 140 Å². The summed E-state index contributed by atoms with van der Waals surface area (Å²) in [6, 6.07) is 14.8. The molecule has 0 spiro atoms. The maximum atomic E-state index is 11.9. The highest BCUT2D eigenvalue weighted by Gasteiger charge is 2.24. The van der Waals surface area contributed by atoms with E-state index in [4.69, 9.17) is 16.3 Å². The summed E-state index contributed by atoms with van der Waals surface area (Å²) in [7, 11) is 0. The van der Waals surface area contributed by atoms with Gasteiger partial charge in [-0.05, 0) is 64.6 Å². The fourth-order valence-electron chi connectivity index (χ4n) is 1.91. The number of benzene rings is 2. The molecule has 3 nitrogen and oxygen atoms in total. The van der Waals surface area contributed by atoms with Gasteiger partial charge in [0.05, 0.1) is 0 Å². The number of nitrogens with zero attached hydrogens (tertiary/aromatic N) is 1. The largest absolute Gasteiger partial charge is 0.402 e. The van der Waals surface area contributed by atoms with Gasteiger partial charge in [0, 0.05) is 14.2 Å². The predicted molar refractivity (Wildman–Crippen MR) is 91.2 cm³/mol. The predicted octanol–water partition coefficient (Wildman–Crippen LogP) is 4.29. The van der Waals surface area contributed by atoms with Crippen LogP contribution in [-0.4, -0.2) is 11.9 Å². The van der Waals surface area contributed by atoms with Gasteiger partial charge in [-0.25, -0.2) is 9.79 Å². The summed E-state index contributed by atoms with van der Waals surface area (Å²) < 4.78 is 6.29. The van der Waals surface area contributed by atoms with Gasteiger partial charge in [-0.1, -0.05) is 29.8 Å². The van der Waals surface area contributed by atoms with E-state index in [0.29, 0.717) is 10.6 Å². The van der Waals surface area contributed by atoms with Crippen molar-refractivity contribution >= 4 is 52.1 Å². The van der Waals surface area contributed by atoms with Crippen molar-refractivity contribution in [2.75, 3.05) is 0 Å². The molecule has 1 aliphatic heterocycles. The fraction of sp³-hybridized carbons (Fsp3) is 0. The van der Waals surface area contributed by atoms with E-state index in [1.807, 2.05) is 24.3 Å². The molecule has 1 aliphatic rings. The first-order chi connectivity index (χ1) is 10.1. The first-order valence-corrected chi connectivity index (χ1v) is 7.61. The minimum Gasteiger partial charge on any atom is -0.402 e. The van der Waals surface area contributed by atoms with Crippen molar-refractivity contribution in [2.45, 2.75) is 0 Å². The molecule has 0 atom stereocenters. The van der Waals surface area contributed by atoms with Crippen LogP contribution in [0.5, 0.6) is 0 Å². The van der Waals surface area contributed by atoms with Crippen molar-refractivity contribution in [1.82, 2.24) is 0 Å². The van der Waals surface area contributed by atoms with Gasteiger partial charge in [-0.2, -0.15) is 0 Å². The Morgan fingerprint density at radius 3 is 2.71 bits per heavy atom. The molecule has 1 heterocycles. The number of rotatable bonds is 2. The van der Waals surface area contributed by atoms with Crippen LogP contribution in [-0.2, 0) is 9.53 Å². The van der Waals surface area contributed by atoms with Crippen LogP contribution in [0.25, 0.3) is 6.08 Å². The molecular formula is C16H9ClINO2. The second kappa shape index (κ2) is 5.99. The number of halogens is 2. The lowest BCUT2D eigenvalue weighted by atomic mass is 10.2. The number of hydrogen-bond donors (Lipinski definition) is 0. The Kier molecular flexibility index (Phi) is 4.07.